The molecule has 2 atom stereocenters. The van der Waals surface area contributed by atoms with Gasteiger partial charge in [0.05, 0.1) is 25.4 Å². The van der Waals surface area contributed by atoms with E-state index >= 15 is 0 Å². The maximum absolute atomic E-state index is 12.5. The molecule has 0 saturated heterocycles. The Labute approximate surface area is 431 Å². The zero-order valence-electron chi connectivity index (χ0n) is 46.6. The molecule has 0 radical (unpaired) electrons. The predicted octanol–water partition coefficient (Wildman–Crippen LogP) is 19.4. The molecule has 0 aliphatic carbocycles. The van der Waals surface area contributed by atoms with Gasteiger partial charge >= 0.3 is 5.97 Å². The van der Waals surface area contributed by atoms with E-state index in [0.717, 1.165) is 44.9 Å². The van der Waals surface area contributed by atoms with E-state index in [2.05, 4.69) is 31.3 Å². The zero-order valence-corrected chi connectivity index (χ0v) is 46.6. The number of carbonyl (C=O) groups excluding carboxylic acids is 2. The van der Waals surface area contributed by atoms with Gasteiger partial charge in [-0.3, -0.25) is 9.59 Å². The standard InChI is InChI=1S/C63H121NO5/c1-3-5-7-9-11-13-15-16-17-18-19-20-21-22-23-24-26-29-32-36-39-43-47-51-55-61(66)60(59-65)64-62(67)56-52-48-44-40-37-33-30-27-25-28-31-34-38-42-46-50-54-58-69-63(68)57-53-49-45-41-35-14-12-10-8-6-4-2/h10,12,51,55,60-61,65-66H,3-9,11,13-50,52-54,56-59H2,1-2H3,(H,64,67)/b12-10-,55-51+. The Hall–Kier alpha value is -1.66. The lowest BCUT2D eigenvalue weighted by Gasteiger charge is -2.20. The van der Waals surface area contributed by atoms with Gasteiger partial charge < -0.3 is 20.3 Å². The molecule has 6 nitrogen and oxygen atoms in total. The number of allylic oxidation sites excluding steroid dienone is 3. The lowest BCUT2D eigenvalue weighted by Crippen LogP contribution is -2.45. The first kappa shape index (κ1) is 67.3. The van der Waals surface area contributed by atoms with Crippen LogP contribution in [0.1, 0.15) is 341 Å². The number of hydrogen-bond acceptors (Lipinski definition) is 5. The largest absolute Gasteiger partial charge is 0.466 e. The average Bonchev–Trinajstić information content (AvgIpc) is 3.35. The Bertz CT molecular complexity index is 1080. The van der Waals surface area contributed by atoms with Gasteiger partial charge in [-0.2, -0.15) is 0 Å². The van der Waals surface area contributed by atoms with Crippen molar-refractivity contribution in [3.63, 3.8) is 0 Å². The second-order valence-electron chi connectivity index (χ2n) is 21.4. The normalized spacial score (nSPS) is 12.7. The highest BCUT2D eigenvalue weighted by molar-refractivity contribution is 5.76. The highest BCUT2D eigenvalue weighted by Crippen LogP contribution is 2.18. The summed E-state index contributed by atoms with van der Waals surface area (Å²) in [5.41, 5.74) is 0. The number of amides is 1. The van der Waals surface area contributed by atoms with Crippen molar-refractivity contribution in [2.24, 2.45) is 0 Å². The van der Waals surface area contributed by atoms with Gasteiger partial charge in [0, 0.05) is 12.8 Å². The van der Waals surface area contributed by atoms with Crippen LogP contribution in [0.2, 0.25) is 0 Å². The van der Waals surface area contributed by atoms with Gasteiger partial charge in [0.15, 0.2) is 0 Å². The highest BCUT2D eigenvalue weighted by atomic mass is 16.5. The van der Waals surface area contributed by atoms with E-state index in [1.807, 2.05) is 6.08 Å². The van der Waals surface area contributed by atoms with Crippen molar-refractivity contribution >= 4 is 11.9 Å². The number of esters is 1. The van der Waals surface area contributed by atoms with Crippen LogP contribution in [0.15, 0.2) is 24.3 Å². The Morgan fingerprint density at radius 3 is 1.07 bits per heavy atom. The minimum absolute atomic E-state index is 0.00607. The molecule has 0 heterocycles. The van der Waals surface area contributed by atoms with Gasteiger partial charge in [-0.25, -0.2) is 0 Å². The molecule has 0 rings (SSSR count). The summed E-state index contributed by atoms with van der Waals surface area (Å²) in [6.07, 6.45) is 72.2. The SMILES string of the molecule is CCCC/C=C\CCCCCCCC(=O)OCCCCCCCCCCCCCCCCCCCC(=O)NC(CO)C(O)/C=C/CCCCCCCCCCCCCCCCCCCCCCCC. The van der Waals surface area contributed by atoms with Gasteiger partial charge in [-0.1, -0.05) is 301 Å². The molecule has 0 saturated carbocycles. The van der Waals surface area contributed by atoms with Crippen molar-refractivity contribution < 1.29 is 24.5 Å². The van der Waals surface area contributed by atoms with Crippen molar-refractivity contribution in [2.45, 2.75) is 353 Å². The summed E-state index contributed by atoms with van der Waals surface area (Å²) < 4.78 is 5.45. The zero-order chi connectivity index (χ0) is 50.0. The summed E-state index contributed by atoms with van der Waals surface area (Å²) in [7, 11) is 0. The van der Waals surface area contributed by atoms with Gasteiger partial charge in [0.1, 0.15) is 0 Å². The maximum Gasteiger partial charge on any atom is 0.305 e. The Balaban J connectivity index is 3.45. The molecule has 0 fully saturated rings. The molecule has 0 aliphatic heterocycles. The van der Waals surface area contributed by atoms with Gasteiger partial charge in [0.25, 0.3) is 0 Å². The number of ether oxygens (including phenoxy) is 1. The molecule has 0 bridgehead atoms. The topological polar surface area (TPSA) is 95.9 Å². The lowest BCUT2D eigenvalue weighted by atomic mass is 10.0. The van der Waals surface area contributed by atoms with Crippen LogP contribution in [0.25, 0.3) is 0 Å². The molecule has 0 aromatic carbocycles. The third-order valence-corrected chi connectivity index (χ3v) is 14.5. The number of carbonyl (C=O) groups is 2. The van der Waals surface area contributed by atoms with Gasteiger partial charge in [0.2, 0.25) is 5.91 Å². The number of aliphatic hydroxyl groups excluding tert-OH is 2. The molecule has 1 amide bonds. The van der Waals surface area contributed by atoms with E-state index in [1.165, 1.54) is 270 Å². The van der Waals surface area contributed by atoms with Crippen molar-refractivity contribution in [1.29, 1.82) is 0 Å². The molecule has 408 valence electrons. The van der Waals surface area contributed by atoms with Crippen LogP contribution in [0.4, 0.5) is 0 Å². The summed E-state index contributed by atoms with van der Waals surface area (Å²) in [6.45, 7) is 4.88. The fourth-order valence-electron chi connectivity index (χ4n) is 9.68. The summed E-state index contributed by atoms with van der Waals surface area (Å²) in [6, 6.07) is -0.633. The minimum atomic E-state index is -0.849. The second kappa shape index (κ2) is 58.9. The molecule has 3 N–H and O–H groups in total. The molecule has 2 unspecified atom stereocenters. The number of unbranched alkanes of at least 4 members (excludes halogenated alkanes) is 45. The third kappa shape index (κ3) is 55.5. The third-order valence-electron chi connectivity index (χ3n) is 14.5. The van der Waals surface area contributed by atoms with Crippen LogP contribution >= 0.6 is 0 Å². The molecule has 0 aromatic heterocycles. The number of nitrogens with one attached hydrogen (secondary N) is 1. The predicted molar refractivity (Wildman–Crippen MR) is 301 cm³/mol. The van der Waals surface area contributed by atoms with Crippen molar-refractivity contribution in [3.05, 3.63) is 24.3 Å². The van der Waals surface area contributed by atoms with E-state index in [4.69, 9.17) is 4.74 Å². The first-order chi connectivity index (χ1) is 34.0. The Kier molecular flexibility index (Phi) is 57.5. The summed E-state index contributed by atoms with van der Waals surface area (Å²) in [4.78, 5) is 24.5. The molecule has 0 aromatic rings. The van der Waals surface area contributed by atoms with Crippen LogP contribution in [0, 0.1) is 0 Å². The van der Waals surface area contributed by atoms with Gasteiger partial charge in [-0.15, -0.1) is 0 Å². The van der Waals surface area contributed by atoms with Crippen LogP contribution in [0.5, 0.6) is 0 Å². The monoisotopic (exact) mass is 972 g/mol. The van der Waals surface area contributed by atoms with Crippen molar-refractivity contribution in [1.82, 2.24) is 5.32 Å². The van der Waals surface area contributed by atoms with Crippen molar-refractivity contribution in [2.75, 3.05) is 13.2 Å². The van der Waals surface area contributed by atoms with Crippen LogP contribution in [-0.2, 0) is 14.3 Å². The molecule has 69 heavy (non-hydrogen) atoms. The van der Waals surface area contributed by atoms with Crippen LogP contribution < -0.4 is 5.32 Å². The number of aliphatic hydroxyl groups is 2. The summed E-state index contributed by atoms with van der Waals surface area (Å²) in [5, 5.41) is 23.2. The average molecular weight is 973 g/mol. The first-order valence-corrected chi connectivity index (χ1v) is 31.1. The fraction of sp³-hybridized carbons (Fsp3) is 0.905. The molecule has 6 heteroatoms. The van der Waals surface area contributed by atoms with E-state index in [9.17, 15) is 19.8 Å². The molecule has 0 aliphatic rings. The van der Waals surface area contributed by atoms with Crippen LogP contribution in [-0.4, -0.2) is 47.4 Å². The minimum Gasteiger partial charge on any atom is -0.466 e. The van der Waals surface area contributed by atoms with E-state index < -0.39 is 12.1 Å². The molecular weight excluding hydrogens is 851 g/mol. The maximum atomic E-state index is 12.5. The van der Waals surface area contributed by atoms with E-state index in [-0.39, 0.29) is 18.5 Å². The van der Waals surface area contributed by atoms with Crippen molar-refractivity contribution in [3.8, 4) is 0 Å². The summed E-state index contributed by atoms with van der Waals surface area (Å²) >= 11 is 0. The Morgan fingerprint density at radius 2 is 0.696 bits per heavy atom. The lowest BCUT2D eigenvalue weighted by molar-refractivity contribution is -0.143. The quantitative estimate of drug-likeness (QED) is 0.0321. The smallest absolute Gasteiger partial charge is 0.305 e. The first-order valence-electron chi connectivity index (χ1n) is 31.1. The van der Waals surface area contributed by atoms with E-state index in [0.29, 0.717) is 19.4 Å². The summed E-state index contributed by atoms with van der Waals surface area (Å²) in [5.74, 6) is -0.0761. The van der Waals surface area contributed by atoms with Gasteiger partial charge in [-0.05, 0) is 51.4 Å². The molecule has 0 spiro atoms. The number of rotatable bonds is 58. The second-order valence-corrected chi connectivity index (χ2v) is 21.4. The van der Waals surface area contributed by atoms with Crippen LogP contribution in [0.3, 0.4) is 0 Å². The number of hydrogen-bond donors (Lipinski definition) is 3. The highest BCUT2D eigenvalue weighted by Gasteiger charge is 2.18. The van der Waals surface area contributed by atoms with E-state index in [1.54, 1.807) is 6.08 Å². The Morgan fingerprint density at radius 1 is 0.391 bits per heavy atom. The fourth-order valence-corrected chi connectivity index (χ4v) is 9.68. The molecular formula is C63H121NO5.